The van der Waals surface area contributed by atoms with Crippen LogP contribution in [0.2, 0.25) is 0 Å². The van der Waals surface area contributed by atoms with E-state index in [0.717, 1.165) is 18.4 Å². The van der Waals surface area contributed by atoms with Gasteiger partial charge in [-0.3, -0.25) is 25.2 Å². The molecule has 1 spiro atoms. The van der Waals surface area contributed by atoms with Crippen molar-refractivity contribution in [2.24, 2.45) is 16.5 Å². The van der Waals surface area contributed by atoms with Crippen molar-refractivity contribution in [2.75, 3.05) is 13.1 Å². The van der Waals surface area contributed by atoms with Gasteiger partial charge in [-0.25, -0.2) is 10.3 Å². The van der Waals surface area contributed by atoms with E-state index < -0.39 is 47.0 Å². The molecule has 1 saturated heterocycles. The second-order valence-electron chi connectivity index (χ2n) is 11.8. The van der Waals surface area contributed by atoms with Crippen LogP contribution in [-0.4, -0.2) is 97.3 Å². The number of carbonyl (C=O) groups excluding carboxylic acids is 2. The number of nitrogens with zero attached hydrogens (tertiary/aromatic N) is 4. The molecular formula is C27H35N10O5+. The quantitative estimate of drug-likeness (QED) is 0.160. The molecule has 15 nitrogen and oxygen atoms in total. The van der Waals surface area contributed by atoms with Crippen molar-refractivity contribution in [2.45, 2.75) is 68.8 Å². The van der Waals surface area contributed by atoms with Gasteiger partial charge in [0, 0.05) is 6.54 Å². The highest BCUT2D eigenvalue weighted by Crippen LogP contribution is 2.42. The first-order chi connectivity index (χ1) is 19.8. The van der Waals surface area contributed by atoms with Crippen LogP contribution in [0.15, 0.2) is 35.3 Å². The normalized spacial score (nSPS) is 28.2. The Morgan fingerprint density at radius 1 is 1.19 bits per heavy atom. The maximum absolute atomic E-state index is 13.6. The molecule has 2 amide bonds. The van der Waals surface area contributed by atoms with Crippen LogP contribution in [0.5, 0.6) is 5.75 Å². The van der Waals surface area contributed by atoms with Crippen molar-refractivity contribution in [3.05, 3.63) is 52.8 Å². The molecule has 0 bridgehead atoms. The Balaban J connectivity index is 1.25. The van der Waals surface area contributed by atoms with Crippen LogP contribution in [0.3, 0.4) is 0 Å². The Morgan fingerprint density at radius 2 is 1.98 bits per heavy atom. The van der Waals surface area contributed by atoms with Gasteiger partial charge in [-0.05, 0) is 57.4 Å². The summed E-state index contributed by atoms with van der Waals surface area (Å²) < 4.78 is 6.16. The minimum Gasteiger partial charge on any atom is -0.487 e. The van der Waals surface area contributed by atoms with E-state index in [-0.39, 0.29) is 30.7 Å². The van der Waals surface area contributed by atoms with Gasteiger partial charge in [-0.15, -0.1) is 5.10 Å². The van der Waals surface area contributed by atoms with Crippen LogP contribution >= 0.6 is 0 Å². The minimum atomic E-state index is -2.60. The molecule has 1 aromatic carbocycles. The SMILES string of the molecule is Cc1ccc(C(=O)NC[C@@H]2N=C(N)N3CC(NC(=O)c4cccc5c4OC(C)(C)CC5)C(O)(O)[C@@]34NC(N)=[NH+][C@@H]24)nn1. The van der Waals surface area contributed by atoms with Crippen LogP contribution in [0.1, 0.15) is 52.4 Å². The van der Waals surface area contributed by atoms with Crippen LogP contribution < -0.4 is 37.1 Å². The molecular weight excluding hydrogens is 544 g/mol. The lowest BCUT2D eigenvalue weighted by Gasteiger charge is -2.46. The molecule has 42 heavy (non-hydrogen) atoms. The van der Waals surface area contributed by atoms with Crippen LogP contribution in [-0.2, 0) is 6.42 Å². The molecule has 6 rings (SSSR count). The fourth-order valence-electron chi connectivity index (χ4n) is 6.23. The number of rotatable bonds is 5. The lowest BCUT2D eigenvalue weighted by molar-refractivity contribution is -0.521. The number of para-hydroxylation sites is 1. The number of amides is 2. The van der Waals surface area contributed by atoms with E-state index in [4.69, 9.17) is 16.2 Å². The van der Waals surface area contributed by atoms with E-state index in [2.05, 4.69) is 36.1 Å². The van der Waals surface area contributed by atoms with Crippen LogP contribution in [0.4, 0.5) is 0 Å². The summed E-state index contributed by atoms with van der Waals surface area (Å²) in [5.41, 5.74) is 12.3. The number of aryl methyl sites for hydroxylation is 2. The summed E-state index contributed by atoms with van der Waals surface area (Å²) in [6.45, 7) is 5.55. The van der Waals surface area contributed by atoms with Gasteiger partial charge < -0.3 is 31.3 Å². The number of aromatic nitrogens is 2. The molecule has 15 heteroatoms. The fourth-order valence-corrected chi connectivity index (χ4v) is 6.23. The van der Waals surface area contributed by atoms with Gasteiger partial charge in [0.1, 0.15) is 23.4 Å². The van der Waals surface area contributed by atoms with Gasteiger partial charge in [-0.2, -0.15) is 5.10 Å². The number of hydrogen-bond donors (Lipinski definition) is 8. The van der Waals surface area contributed by atoms with E-state index in [9.17, 15) is 19.8 Å². The van der Waals surface area contributed by atoms with Crippen molar-refractivity contribution in [1.82, 2.24) is 31.0 Å². The zero-order valence-electron chi connectivity index (χ0n) is 23.5. The van der Waals surface area contributed by atoms with E-state index in [1.165, 1.54) is 4.90 Å². The first-order valence-corrected chi connectivity index (χ1v) is 13.8. The number of nitrogens with one attached hydrogen (secondary N) is 4. The van der Waals surface area contributed by atoms with Crippen molar-refractivity contribution in [3.8, 4) is 5.75 Å². The lowest BCUT2D eigenvalue weighted by atomic mass is 9.85. The molecule has 0 saturated carbocycles. The number of benzene rings is 1. The third kappa shape index (κ3) is 4.27. The molecule has 0 radical (unpaired) electrons. The number of hydrogen-bond acceptors (Lipinski definition) is 12. The van der Waals surface area contributed by atoms with Crippen LogP contribution in [0.25, 0.3) is 0 Å². The summed E-state index contributed by atoms with van der Waals surface area (Å²) in [6, 6.07) is 5.69. The van der Waals surface area contributed by atoms with E-state index in [0.29, 0.717) is 17.0 Å². The first-order valence-electron chi connectivity index (χ1n) is 13.8. The largest absolute Gasteiger partial charge is 0.487 e. The Bertz CT molecular complexity index is 1510. The number of aliphatic hydroxyl groups is 2. The lowest BCUT2D eigenvalue weighted by Crippen LogP contribution is -2.90. The second-order valence-corrected chi connectivity index (χ2v) is 11.8. The number of nitrogens with two attached hydrogens (primary N) is 2. The Hall–Kier alpha value is -4.50. The van der Waals surface area contributed by atoms with Crippen molar-refractivity contribution < 1.29 is 29.5 Å². The highest BCUT2D eigenvalue weighted by atomic mass is 16.5. The summed E-state index contributed by atoms with van der Waals surface area (Å²) in [7, 11) is 0. The molecule has 222 valence electrons. The molecule has 1 fully saturated rings. The van der Waals surface area contributed by atoms with Gasteiger partial charge in [0.2, 0.25) is 5.79 Å². The Morgan fingerprint density at radius 3 is 2.71 bits per heavy atom. The highest BCUT2D eigenvalue weighted by Gasteiger charge is 2.76. The number of carbonyl (C=O) groups is 2. The molecule has 4 atom stereocenters. The minimum absolute atomic E-state index is 0.0176. The summed E-state index contributed by atoms with van der Waals surface area (Å²) in [5.74, 6) is -3.09. The summed E-state index contributed by atoms with van der Waals surface area (Å²) in [5, 5.41) is 39.8. The highest BCUT2D eigenvalue weighted by molar-refractivity contribution is 5.98. The topological polar surface area (TPSA) is 227 Å². The molecule has 2 aromatic rings. The fraction of sp³-hybridized carbons (Fsp3) is 0.481. The van der Waals surface area contributed by atoms with Gasteiger partial charge in [0.25, 0.3) is 17.5 Å². The smallest absolute Gasteiger partial charge is 0.343 e. The first kappa shape index (κ1) is 27.7. The van der Waals surface area contributed by atoms with E-state index in [1.54, 1.807) is 31.2 Å². The molecule has 1 unspecified atom stereocenters. The number of ether oxygens (including phenoxy) is 1. The zero-order valence-corrected chi connectivity index (χ0v) is 23.5. The average Bonchev–Trinajstić information content (AvgIpc) is 3.40. The average molecular weight is 580 g/mol. The van der Waals surface area contributed by atoms with E-state index >= 15 is 0 Å². The Kier molecular flexibility index (Phi) is 6.27. The number of aliphatic imine (C=N–C) groups is 1. The van der Waals surface area contributed by atoms with Gasteiger partial charge in [0.15, 0.2) is 17.7 Å². The zero-order chi connectivity index (χ0) is 30.0. The molecule has 10 N–H and O–H groups in total. The maximum Gasteiger partial charge on any atom is 0.343 e. The molecule has 5 heterocycles. The maximum atomic E-state index is 13.6. The standard InChI is InChI=1S/C27H34N10O5/c1-13-7-8-16(36-35-13)22(39)30-11-17-20-26(34-23(28)33-20)27(40,41)18(12-37(26)24(29)31-17)32-21(38)15-6-4-5-14-9-10-25(2,3)42-19(14)15/h4-8,17-18,20,40-41H,9-12H2,1-3H3,(H2,29,31)(H,30,39)(H,32,38)(H3,28,33,34)/p+1/t17-,18?,20-,26-/m0/s1. The van der Waals surface area contributed by atoms with Crippen LogP contribution in [0, 0.1) is 6.92 Å². The number of fused-ring (bicyclic) bond motifs is 1. The Labute approximate surface area is 241 Å². The summed E-state index contributed by atoms with van der Waals surface area (Å²) in [6.07, 6.45) is 1.56. The monoisotopic (exact) mass is 579 g/mol. The molecule has 4 aliphatic rings. The third-order valence-electron chi connectivity index (χ3n) is 8.41. The molecule has 0 aliphatic carbocycles. The van der Waals surface area contributed by atoms with E-state index in [1.807, 2.05) is 19.9 Å². The van der Waals surface area contributed by atoms with Gasteiger partial charge >= 0.3 is 5.96 Å². The predicted molar refractivity (Wildman–Crippen MR) is 149 cm³/mol. The van der Waals surface area contributed by atoms with Crippen molar-refractivity contribution in [1.29, 1.82) is 0 Å². The summed E-state index contributed by atoms with van der Waals surface area (Å²) in [4.78, 5) is 35.3. The van der Waals surface area contributed by atoms with Crippen molar-refractivity contribution >= 4 is 23.7 Å². The predicted octanol–water partition coefficient (Wildman–Crippen LogP) is -3.83. The molecule has 1 aromatic heterocycles. The van der Waals surface area contributed by atoms with Crippen molar-refractivity contribution in [3.63, 3.8) is 0 Å². The molecule has 4 aliphatic heterocycles. The second kappa shape index (κ2) is 9.52. The number of guanidine groups is 2. The summed E-state index contributed by atoms with van der Waals surface area (Å²) >= 11 is 0. The van der Waals surface area contributed by atoms with Gasteiger partial charge in [0.05, 0.1) is 17.8 Å². The van der Waals surface area contributed by atoms with Gasteiger partial charge in [-0.1, -0.05) is 12.1 Å². The third-order valence-corrected chi connectivity index (χ3v) is 8.41.